The van der Waals surface area contributed by atoms with Crippen molar-refractivity contribution in [2.45, 2.75) is 35.6 Å². The number of sulfone groups is 1. The molecule has 5 nitrogen and oxygen atoms in total. The first-order valence-electron chi connectivity index (χ1n) is 8.49. The Labute approximate surface area is 153 Å². The summed E-state index contributed by atoms with van der Waals surface area (Å²) in [5.41, 5.74) is 1.42. The van der Waals surface area contributed by atoms with Crippen molar-refractivity contribution in [3.8, 4) is 0 Å². The van der Waals surface area contributed by atoms with Crippen LogP contribution < -0.4 is 0 Å². The van der Waals surface area contributed by atoms with Gasteiger partial charge in [0.25, 0.3) is 0 Å². The van der Waals surface area contributed by atoms with Crippen LogP contribution in [0, 0.1) is 5.82 Å². The molecule has 2 N–H and O–H groups in total. The molecule has 0 spiro atoms. The minimum absolute atomic E-state index is 0.0290. The molecule has 1 aliphatic rings. The highest BCUT2D eigenvalue weighted by atomic mass is 32.2. The largest absolute Gasteiger partial charge is 0.437 e. The van der Waals surface area contributed by atoms with E-state index in [2.05, 4.69) is 0 Å². The Morgan fingerprint density at radius 1 is 1.23 bits per heavy atom. The third-order valence-corrected chi connectivity index (χ3v) is 6.64. The molecule has 0 aliphatic carbocycles. The Morgan fingerprint density at radius 2 is 1.96 bits per heavy atom. The second-order valence-electron chi connectivity index (χ2n) is 6.59. The number of hydrogen-bond acceptors (Lipinski definition) is 5. The highest BCUT2D eigenvalue weighted by Gasteiger charge is 2.30. The summed E-state index contributed by atoms with van der Waals surface area (Å²) in [5.74, 6) is -0.494. The summed E-state index contributed by atoms with van der Waals surface area (Å²) in [6, 6.07) is 9.55. The normalized spacial score (nSPS) is 18.2. The lowest BCUT2D eigenvalue weighted by atomic mass is 9.85. The lowest BCUT2D eigenvalue weighted by Crippen LogP contribution is -2.34. The van der Waals surface area contributed by atoms with E-state index in [-0.39, 0.29) is 22.3 Å². The minimum atomic E-state index is -3.86. The van der Waals surface area contributed by atoms with Crippen LogP contribution >= 0.6 is 0 Å². The fraction of sp³-hybridized carbons (Fsp3) is 0.333. The third-order valence-electron chi connectivity index (χ3n) is 4.89. The number of aliphatic hydroxyl groups excluding tert-OH is 1. The molecule has 1 fully saturated rings. The predicted octanol–water partition coefficient (Wildman–Crippen LogP) is 2.05. The van der Waals surface area contributed by atoms with E-state index in [1.165, 1.54) is 30.3 Å². The van der Waals surface area contributed by atoms with E-state index in [0.717, 1.165) is 24.6 Å². The Morgan fingerprint density at radius 3 is 2.58 bits per heavy atom. The number of benzene rings is 2. The van der Waals surface area contributed by atoms with E-state index in [4.69, 9.17) is 0 Å². The fourth-order valence-corrected chi connectivity index (χ4v) is 4.78. The molecule has 1 heterocycles. The van der Waals surface area contributed by atoms with Crippen LogP contribution in [-0.4, -0.2) is 43.5 Å². The van der Waals surface area contributed by atoms with E-state index in [9.17, 15) is 22.9 Å². The first-order valence-corrected chi connectivity index (χ1v) is 9.97. The van der Waals surface area contributed by atoms with E-state index >= 15 is 0 Å². The van der Waals surface area contributed by atoms with Crippen LogP contribution in [0.15, 0.2) is 52.3 Å². The monoisotopic (exact) mass is 377 g/mol. The average molecular weight is 377 g/mol. The molecule has 0 radical (unpaired) electrons. The summed E-state index contributed by atoms with van der Waals surface area (Å²) in [5, 5.41) is 19.5. The lowest BCUT2D eigenvalue weighted by molar-refractivity contribution is 0.279. The minimum Gasteiger partial charge on any atom is -0.437 e. The van der Waals surface area contributed by atoms with Crippen molar-refractivity contribution in [1.82, 2.24) is 4.81 Å². The number of rotatable bonds is 5. The van der Waals surface area contributed by atoms with Gasteiger partial charge in [0.05, 0.1) is 16.4 Å². The van der Waals surface area contributed by atoms with Gasteiger partial charge >= 0.3 is 7.05 Å². The van der Waals surface area contributed by atoms with Crippen LogP contribution in [0.4, 0.5) is 4.39 Å². The number of aliphatic hydroxyl groups is 1. The SMILES string of the molecule is CB(O)N1CCC(c2ccc(S(=O)(=O)c3cccc(F)c3)cc2CO)C1. The lowest BCUT2D eigenvalue weighted by Gasteiger charge is -2.18. The van der Waals surface area contributed by atoms with Crippen molar-refractivity contribution in [3.63, 3.8) is 0 Å². The second kappa shape index (κ2) is 7.48. The van der Waals surface area contributed by atoms with Gasteiger partial charge in [-0.1, -0.05) is 12.1 Å². The molecule has 2 aromatic rings. The summed E-state index contributed by atoms with van der Waals surface area (Å²) in [6.45, 7) is 2.83. The molecule has 138 valence electrons. The van der Waals surface area contributed by atoms with Gasteiger partial charge in [0.15, 0.2) is 0 Å². The zero-order chi connectivity index (χ0) is 18.9. The van der Waals surface area contributed by atoms with E-state index in [1.807, 2.05) is 4.81 Å². The summed E-state index contributed by atoms with van der Waals surface area (Å²) < 4.78 is 38.9. The Balaban J connectivity index is 1.94. The topological polar surface area (TPSA) is 77.8 Å². The molecule has 3 rings (SSSR count). The Hall–Kier alpha value is -1.74. The highest BCUT2D eigenvalue weighted by Crippen LogP contribution is 2.32. The first kappa shape index (κ1) is 19.0. The first-order chi connectivity index (χ1) is 12.3. The van der Waals surface area contributed by atoms with Crippen molar-refractivity contribution in [1.29, 1.82) is 0 Å². The standard InChI is InChI=1S/C18H21BFNO4S/c1-19(23)21-8-7-13(11-21)18-6-5-17(9-14(18)12-22)26(24,25)16-4-2-3-15(20)10-16/h2-6,9-10,13,22-23H,7-8,11-12H2,1H3. The molecule has 0 aromatic heterocycles. The summed E-state index contributed by atoms with van der Waals surface area (Å²) in [4.78, 5) is 1.85. The summed E-state index contributed by atoms with van der Waals surface area (Å²) in [7, 11) is -4.40. The zero-order valence-electron chi connectivity index (χ0n) is 14.5. The molecular formula is C18H21BFNO4S. The van der Waals surface area contributed by atoms with Gasteiger partial charge in [-0.05, 0) is 73.7 Å². The molecule has 26 heavy (non-hydrogen) atoms. The molecule has 8 heteroatoms. The fourth-order valence-electron chi connectivity index (χ4n) is 3.44. The number of nitrogens with zero attached hydrogens (tertiary/aromatic N) is 1. The number of halogens is 1. The summed E-state index contributed by atoms with van der Waals surface area (Å²) in [6.07, 6.45) is 0.827. The third kappa shape index (κ3) is 3.69. The van der Waals surface area contributed by atoms with Crippen molar-refractivity contribution < 1.29 is 22.9 Å². The molecule has 2 aromatic carbocycles. The molecule has 1 saturated heterocycles. The molecular weight excluding hydrogens is 356 g/mol. The van der Waals surface area contributed by atoms with Gasteiger partial charge < -0.3 is 14.9 Å². The van der Waals surface area contributed by atoms with Gasteiger partial charge in [-0.3, -0.25) is 0 Å². The smallest absolute Gasteiger partial charge is 0.376 e. The second-order valence-corrected chi connectivity index (χ2v) is 8.54. The van der Waals surface area contributed by atoms with Crippen molar-refractivity contribution in [2.24, 2.45) is 0 Å². The highest BCUT2D eigenvalue weighted by molar-refractivity contribution is 7.91. The van der Waals surface area contributed by atoms with Crippen LogP contribution in [0.2, 0.25) is 6.82 Å². The van der Waals surface area contributed by atoms with Crippen LogP contribution in [0.5, 0.6) is 0 Å². The van der Waals surface area contributed by atoms with Gasteiger partial charge in [-0.15, -0.1) is 0 Å². The maximum Gasteiger partial charge on any atom is 0.376 e. The van der Waals surface area contributed by atoms with E-state index < -0.39 is 22.7 Å². The predicted molar refractivity (Wildman–Crippen MR) is 97.0 cm³/mol. The van der Waals surface area contributed by atoms with Crippen molar-refractivity contribution in [2.75, 3.05) is 13.1 Å². The number of hydrogen-bond donors (Lipinski definition) is 2. The Kier molecular flexibility index (Phi) is 5.48. The van der Waals surface area contributed by atoms with E-state index in [0.29, 0.717) is 12.1 Å². The van der Waals surface area contributed by atoms with Gasteiger partial charge in [0, 0.05) is 0 Å². The van der Waals surface area contributed by atoms with Crippen molar-refractivity contribution >= 4 is 16.9 Å². The molecule has 0 bridgehead atoms. The summed E-state index contributed by atoms with van der Waals surface area (Å²) >= 11 is 0. The quantitative estimate of drug-likeness (QED) is 0.780. The maximum atomic E-state index is 13.4. The van der Waals surface area contributed by atoms with Gasteiger partial charge in [-0.2, -0.15) is 0 Å². The van der Waals surface area contributed by atoms with Gasteiger partial charge in [-0.25, -0.2) is 12.8 Å². The molecule has 0 saturated carbocycles. The maximum absolute atomic E-state index is 13.4. The van der Waals surface area contributed by atoms with Crippen LogP contribution in [0.1, 0.15) is 23.5 Å². The Bertz CT molecular complexity index is 904. The van der Waals surface area contributed by atoms with Crippen LogP contribution in [0.25, 0.3) is 0 Å². The van der Waals surface area contributed by atoms with Crippen LogP contribution in [0.3, 0.4) is 0 Å². The molecule has 1 unspecified atom stereocenters. The van der Waals surface area contributed by atoms with Crippen molar-refractivity contribution in [3.05, 3.63) is 59.4 Å². The molecule has 0 amide bonds. The van der Waals surface area contributed by atoms with Gasteiger partial charge in [0.2, 0.25) is 9.84 Å². The van der Waals surface area contributed by atoms with Gasteiger partial charge in [0.1, 0.15) is 5.82 Å². The molecule has 1 aliphatic heterocycles. The zero-order valence-corrected chi connectivity index (χ0v) is 15.3. The average Bonchev–Trinajstić information content (AvgIpc) is 3.11. The molecule has 1 atom stereocenters. The van der Waals surface area contributed by atoms with E-state index in [1.54, 1.807) is 12.9 Å². The van der Waals surface area contributed by atoms with Crippen LogP contribution in [-0.2, 0) is 16.4 Å².